The van der Waals surface area contributed by atoms with Crippen molar-refractivity contribution in [3.05, 3.63) is 83.6 Å². The zero-order valence-corrected chi connectivity index (χ0v) is 14.7. The van der Waals surface area contributed by atoms with Crippen molar-refractivity contribution in [1.29, 1.82) is 0 Å². The van der Waals surface area contributed by atoms with Gasteiger partial charge in [0.05, 0.1) is 5.69 Å². The van der Waals surface area contributed by atoms with Gasteiger partial charge >= 0.3 is 0 Å². The van der Waals surface area contributed by atoms with Gasteiger partial charge in [0, 0.05) is 25.7 Å². The fourth-order valence-corrected chi connectivity index (χ4v) is 2.77. The number of aromatic nitrogens is 4. The summed E-state index contributed by atoms with van der Waals surface area (Å²) in [5.74, 6) is 0.801. The summed E-state index contributed by atoms with van der Waals surface area (Å²) in [7, 11) is 0. The summed E-state index contributed by atoms with van der Waals surface area (Å²) in [5.41, 5.74) is 3.02. The Balaban J connectivity index is 1.43. The first-order valence-corrected chi connectivity index (χ1v) is 8.76. The zero-order chi connectivity index (χ0) is 18.5. The average Bonchev–Trinajstić information content (AvgIpc) is 3.12. The number of anilines is 1. The summed E-state index contributed by atoms with van der Waals surface area (Å²) < 4.78 is 1.33. The first kappa shape index (κ1) is 17.0. The van der Waals surface area contributed by atoms with Crippen molar-refractivity contribution in [3.8, 4) is 5.88 Å². The second kappa shape index (κ2) is 7.84. The van der Waals surface area contributed by atoms with Crippen molar-refractivity contribution in [3.63, 3.8) is 0 Å². The first-order chi connectivity index (χ1) is 13.3. The van der Waals surface area contributed by atoms with Crippen LogP contribution in [-0.4, -0.2) is 24.7 Å². The fraction of sp³-hybridized carbons (Fsp3) is 0.150. The van der Waals surface area contributed by atoms with Crippen LogP contribution in [0.1, 0.15) is 16.8 Å². The second-order valence-corrected chi connectivity index (χ2v) is 6.18. The van der Waals surface area contributed by atoms with E-state index in [-0.39, 0.29) is 5.88 Å². The van der Waals surface area contributed by atoms with Gasteiger partial charge in [-0.3, -0.25) is 0 Å². The zero-order valence-electron chi connectivity index (χ0n) is 14.7. The van der Waals surface area contributed by atoms with Crippen molar-refractivity contribution >= 4 is 11.7 Å². The summed E-state index contributed by atoms with van der Waals surface area (Å²) in [6, 6.07) is 21.7. The molecule has 0 aliphatic carbocycles. The molecule has 0 fully saturated rings. The van der Waals surface area contributed by atoms with Gasteiger partial charge in [-0.25, -0.2) is 4.98 Å². The maximum Gasteiger partial charge on any atom is 0.257 e. The summed E-state index contributed by atoms with van der Waals surface area (Å²) >= 11 is 0. The minimum atomic E-state index is 0.0109. The van der Waals surface area contributed by atoms with Crippen molar-refractivity contribution in [2.24, 2.45) is 0 Å². The molecule has 7 nitrogen and oxygen atoms in total. The van der Waals surface area contributed by atoms with Crippen LogP contribution in [0.15, 0.2) is 66.7 Å². The molecule has 4 rings (SSSR count). The van der Waals surface area contributed by atoms with E-state index in [9.17, 15) is 5.11 Å². The van der Waals surface area contributed by atoms with E-state index in [1.54, 1.807) is 6.07 Å². The van der Waals surface area contributed by atoms with E-state index in [0.717, 1.165) is 12.1 Å². The highest BCUT2D eigenvalue weighted by molar-refractivity contribution is 5.41. The number of hydrogen-bond donors (Lipinski definition) is 3. The Kier molecular flexibility index (Phi) is 4.93. The highest BCUT2D eigenvalue weighted by atomic mass is 16.3. The lowest BCUT2D eigenvalue weighted by Gasteiger charge is -2.05. The Morgan fingerprint density at radius 3 is 2.19 bits per heavy atom. The van der Waals surface area contributed by atoms with Crippen LogP contribution < -0.4 is 10.6 Å². The van der Waals surface area contributed by atoms with E-state index in [2.05, 4.69) is 37.8 Å². The highest BCUT2D eigenvalue weighted by Crippen LogP contribution is 2.15. The molecule has 0 aliphatic rings. The largest absolute Gasteiger partial charge is 0.493 e. The van der Waals surface area contributed by atoms with Crippen LogP contribution in [0.4, 0.5) is 5.95 Å². The number of benzene rings is 2. The molecule has 3 N–H and O–H groups in total. The van der Waals surface area contributed by atoms with Crippen LogP contribution >= 0.6 is 0 Å². The molecule has 0 spiro atoms. The van der Waals surface area contributed by atoms with E-state index in [4.69, 9.17) is 0 Å². The Bertz CT molecular complexity index is 1020. The molecular formula is C20H20N6O. The van der Waals surface area contributed by atoms with Gasteiger partial charge in [-0.2, -0.15) is 9.50 Å². The number of nitrogens with zero attached hydrogens (tertiary/aromatic N) is 4. The van der Waals surface area contributed by atoms with Crippen molar-refractivity contribution in [1.82, 2.24) is 24.9 Å². The van der Waals surface area contributed by atoms with Crippen molar-refractivity contribution in [2.45, 2.75) is 19.6 Å². The lowest BCUT2D eigenvalue weighted by molar-refractivity contribution is 0.433. The Morgan fingerprint density at radius 1 is 0.815 bits per heavy atom. The molecule has 0 aliphatic heterocycles. The maximum absolute atomic E-state index is 10.2. The van der Waals surface area contributed by atoms with E-state index in [1.807, 2.05) is 48.5 Å². The van der Waals surface area contributed by atoms with Gasteiger partial charge in [-0.15, -0.1) is 5.10 Å². The third kappa shape index (κ3) is 4.21. The quantitative estimate of drug-likeness (QED) is 0.470. The number of fused-ring (bicyclic) bond motifs is 1. The predicted molar refractivity (Wildman–Crippen MR) is 103 cm³/mol. The number of nitrogens with one attached hydrogen (secondary N) is 2. The molecule has 27 heavy (non-hydrogen) atoms. The standard InChI is InChI=1S/C20H20N6O/c27-18-11-17(14-21-12-15-7-3-1-4-8-15)23-20-24-19(25-26(18)20)22-13-16-9-5-2-6-10-16/h1-11,21,27H,12-14H2,(H,22,25). The van der Waals surface area contributed by atoms with Crippen molar-refractivity contribution in [2.75, 3.05) is 5.32 Å². The molecule has 0 radical (unpaired) electrons. The lowest BCUT2D eigenvalue weighted by Crippen LogP contribution is -2.14. The van der Waals surface area contributed by atoms with E-state index in [1.165, 1.54) is 10.1 Å². The molecule has 7 heteroatoms. The Labute approximate surface area is 156 Å². The molecule has 0 atom stereocenters. The minimum absolute atomic E-state index is 0.0109. The van der Waals surface area contributed by atoms with E-state index >= 15 is 0 Å². The maximum atomic E-state index is 10.2. The molecule has 2 aromatic heterocycles. The normalized spacial score (nSPS) is 11.0. The first-order valence-electron chi connectivity index (χ1n) is 8.76. The molecule has 0 unspecified atom stereocenters. The van der Waals surface area contributed by atoms with Gasteiger partial charge in [0.15, 0.2) is 0 Å². The van der Waals surface area contributed by atoms with Crippen LogP contribution in [0.5, 0.6) is 5.88 Å². The van der Waals surface area contributed by atoms with Gasteiger partial charge in [-0.1, -0.05) is 60.7 Å². The molecule has 2 heterocycles. The topological polar surface area (TPSA) is 87.4 Å². The molecule has 2 aromatic carbocycles. The summed E-state index contributed by atoms with van der Waals surface area (Å²) in [6.07, 6.45) is 0. The van der Waals surface area contributed by atoms with Gasteiger partial charge in [0.25, 0.3) is 5.78 Å². The highest BCUT2D eigenvalue weighted by Gasteiger charge is 2.10. The SMILES string of the molecule is Oc1cc(CNCc2ccccc2)nc2nc(NCc3ccccc3)nn12. The number of aromatic hydroxyl groups is 1. The second-order valence-electron chi connectivity index (χ2n) is 6.18. The van der Waals surface area contributed by atoms with Gasteiger partial charge in [-0.05, 0) is 11.1 Å². The van der Waals surface area contributed by atoms with Crippen LogP contribution in [0, 0.1) is 0 Å². The molecular weight excluding hydrogens is 340 g/mol. The summed E-state index contributed by atoms with van der Waals surface area (Å²) in [5, 5.41) is 21.0. The molecule has 136 valence electrons. The average molecular weight is 360 g/mol. The van der Waals surface area contributed by atoms with E-state index in [0.29, 0.717) is 30.5 Å². The number of hydrogen-bond acceptors (Lipinski definition) is 6. The molecule has 4 aromatic rings. The van der Waals surface area contributed by atoms with Crippen LogP contribution in [0.25, 0.3) is 5.78 Å². The summed E-state index contributed by atoms with van der Waals surface area (Å²) in [4.78, 5) is 8.83. The monoisotopic (exact) mass is 360 g/mol. The Hall–Kier alpha value is -3.45. The predicted octanol–water partition coefficient (Wildman–Crippen LogP) is 2.73. The Morgan fingerprint density at radius 2 is 1.48 bits per heavy atom. The third-order valence-electron chi connectivity index (χ3n) is 4.12. The summed E-state index contributed by atoms with van der Waals surface area (Å²) in [6.45, 7) is 1.85. The van der Waals surface area contributed by atoms with E-state index < -0.39 is 0 Å². The van der Waals surface area contributed by atoms with Crippen molar-refractivity contribution < 1.29 is 5.11 Å². The minimum Gasteiger partial charge on any atom is -0.493 e. The van der Waals surface area contributed by atoms with Crippen LogP contribution in [-0.2, 0) is 19.6 Å². The molecule has 0 bridgehead atoms. The molecule has 0 amide bonds. The molecule has 0 saturated heterocycles. The van der Waals surface area contributed by atoms with Gasteiger partial charge in [0.2, 0.25) is 11.8 Å². The number of rotatable bonds is 7. The fourth-order valence-electron chi connectivity index (χ4n) is 2.77. The van der Waals surface area contributed by atoms with Crippen LogP contribution in [0.2, 0.25) is 0 Å². The third-order valence-corrected chi connectivity index (χ3v) is 4.12. The lowest BCUT2D eigenvalue weighted by atomic mass is 10.2. The van der Waals surface area contributed by atoms with Gasteiger partial charge < -0.3 is 15.7 Å². The molecule has 0 saturated carbocycles. The van der Waals surface area contributed by atoms with Gasteiger partial charge in [0.1, 0.15) is 0 Å². The van der Waals surface area contributed by atoms with Crippen LogP contribution in [0.3, 0.4) is 0 Å². The smallest absolute Gasteiger partial charge is 0.257 e.